The molecule has 0 amide bonds. The first kappa shape index (κ1) is 13.4. The number of aromatic nitrogens is 2. The predicted molar refractivity (Wildman–Crippen MR) is 74.4 cm³/mol. The van der Waals surface area contributed by atoms with Crippen molar-refractivity contribution in [1.82, 2.24) is 9.97 Å². The van der Waals surface area contributed by atoms with E-state index in [1.165, 1.54) is 18.5 Å². The van der Waals surface area contributed by atoms with E-state index in [4.69, 9.17) is 5.73 Å². The fourth-order valence-electron chi connectivity index (χ4n) is 2.12. The largest absolute Gasteiger partial charge is 0.416 e. The Morgan fingerprint density at radius 3 is 2.29 bits per heavy atom. The number of fused-ring (bicyclic) bond motifs is 1. The van der Waals surface area contributed by atoms with Gasteiger partial charge in [-0.1, -0.05) is 12.1 Å². The lowest BCUT2D eigenvalue weighted by atomic mass is 10.0. The Morgan fingerprint density at radius 2 is 1.62 bits per heavy atom. The van der Waals surface area contributed by atoms with E-state index >= 15 is 0 Å². The maximum atomic E-state index is 12.6. The van der Waals surface area contributed by atoms with Gasteiger partial charge in [0.15, 0.2) is 0 Å². The summed E-state index contributed by atoms with van der Waals surface area (Å²) in [5, 5.41) is 0.706. The summed E-state index contributed by atoms with van der Waals surface area (Å²) in [6, 6.07) is 10.0. The highest BCUT2D eigenvalue weighted by molar-refractivity contribution is 5.93. The zero-order chi connectivity index (χ0) is 15.0. The molecule has 0 bridgehead atoms. The quantitative estimate of drug-likeness (QED) is 0.691. The fourth-order valence-corrected chi connectivity index (χ4v) is 2.12. The smallest absolute Gasteiger partial charge is 0.399 e. The highest BCUT2D eigenvalue weighted by Crippen LogP contribution is 2.32. The molecular formula is C15H10F3N3. The molecule has 0 fully saturated rings. The van der Waals surface area contributed by atoms with Gasteiger partial charge in [0.2, 0.25) is 0 Å². The van der Waals surface area contributed by atoms with E-state index in [9.17, 15) is 13.2 Å². The molecular weight excluding hydrogens is 279 g/mol. The Morgan fingerprint density at radius 1 is 0.905 bits per heavy atom. The van der Waals surface area contributed by atoms with Crippen molar-refractivity contribution in [2.75, 3.05) is 5.73 Å². The van der Waals surface area contributed by atoms with Gasteiger partial charge in [-0.3, -0.25) is 0 Å². The molecule has 1 aromatic heterocycles. The van der Waals surface area contributed by atoms with Crippen molar-refractivity contribution in [3.63, 3.8) is 0 Å². The Labute approximate surface area is 118 Å². The maximum Gasteiger partial charge on any atom is 0.416 e. The number of nitrogen functional groups attached to an aromatic ring is 1. The van der Waals surface area contributed by atoms with Gasteiger partial charge in [-0.2, -0.15) is 13.2 Å². The number of nitrogens with zero attached hydrogens (tertiary/aromatic N) is 2. The molecule has 21 heavy (non-hydrogen) atoms. The van der Waals surface area contributed by atoms with Crippen LogP contribution >= 0.6 is 0 Å². The minimum absolute atomic E-state index is 0.547. The van der Waals surface area contributed by atoms with Crippen molar-refractivity contribution in [3.05, 3.63) is 54.4 Å². The van der Waals surface area contributed by atoms with Gasteiger partial charge in [0.05, 0.1) is 16.8 Å². The summed E-state index contributed by atoms with van der Waals surface area (Å²) >= 11 is 0. The number of nitrogens with two attached hydrogens (primary N) is 1. The molecule has 0 aliphatic rings. The number of hydrogen-bond donors (Lipinski definition) is 1. The molecule has 3 aromatic rings. The number of alkyl halides is 3. The molecule has 0 saturated carbocycles. The molecule has 0 aliphatic heterocycles. The maximum absolute atomic E-state index is 12.6. The molecule has 0 radical (unpaired) electrons. The molecule has 3 nitrogen and oxygen atoms in total. The minimum Gasteiger partial charge on any atom is -0.399 e. The van der Waals surface area contributed by atoms with E-state index in [2.05, 4.69) is 9.97 Å². The van der Waals surface area contributed by atoms with E-state index in [1.807, 2.05) is 0 Å². The second-order valence-electron chi connectivity index (χ2n) is 4.57. The van der Waals surface area contributed by atoms with Crippen LogP contribution in [0.3, 0.4) is 0 Å². The number of benzene rings is 2. The van der Waals surface area contributed by atoms with Crippen molar-refractivity contribution in [3.8, 4) is 11.3 Å². The van der Waals surface area contributed by atoms with Crippen molar-refractivity contribution >= 4 is 16.6 Å². The van der Waals surface area contributed by atoms with E-state index in [0.717, 1.165) is 12.1 Å². The van der Waals surface area contributed by atoms with Crippen LogP contribution < -0.4 is 5.73 Å². The number of halogens is 3. The Balaban J connectivity index is 2.14. The summed E-state index contributed by atoms with van der Waals surface area (Å²) in [7, 11) is 0. The molecule has 0 unspecified atom stereocenters. The first-order valence-electron chi connectivity index (χ1n) is 6.13. The summed E-state index contributed by atoms with van der Waals surface area (Å²) in [6.07, 6.45) is -2.97. The van der Waals surface area contributed by atoms with Crippen LogP contribution in [0.5, 0.6) is 0 Å². The molecule has 6 heteroatoms. The van der Waals surface area contributed by atoms with Gasteiger partial charge in [0.25, 0.3) is 0 Å². The molecule has 3 rings (SSSR count). The zero-order valence-corrected chi connectivity index (χ0v) is 10.7. The van der Waals surface area contributed by atoms with Gasteiger partial charge in [0, 0.05) is 16.6 Å². The summed E-state index contributed by atoms with van der Waals surface area (Å²) in [5.74, 6) is 0. The highest BCUT2D eigenvalue weighted by Gasteiger charge is 2.30. The van der Waals surface area contributed by atoms with Crippen LogP contribution in [0, 0.1) is 0 Å². The third-order valence-corrected chi connectivity index (χ3v) is 3.15. The standard InChI is InChI=1S/C15H10F3N3/c16-15(17,18)10-3-1-9(2-4-10)14-12-7-11(19)5-6-13(12)20-8-21-14/h1-8H,19H2. The molecule has 0 spiro atoms. The molecule has 0 atom stereocenters. The van der Waals surface area contributed by atoms with Crippen molar-refractivity contribution < 1.29 is 13.2 Å². The third-order valence-electron chi connectivity index (χ3n) is 3.15. The zero-order valence-electron chi connectivity index (χ0n) is 10.7. The molecule has 2 aromatic carbocycles. The fraction of sp³-hybridized carbons (Fsp3) is 0.0667. The van der Waals surface area contributed by atoms with Crippen LogP contribution in [-0.2, 0) is 6.18 Å². The molecule has 0 saturated heterocycles. The summed E-state index contributed by atoms with van der Waals surface area (Å²) in [4.78, 5) is 8.28. The molecule has 2 N–H and O–H groups in total. The van der Waals surface area contributed by atoms with Gasteiger partial charge in [0.1, 0.15) is 6.33 Å². The molecule has 1 heterocycles. The molecule has 0 aliphatic carbocycles. The van der Waals surface area contributed by atoms with E-state index in [-0.39, 0.29) is 0 Å². The Kier molecular flexibility index (Phi) is 3.01. The van der Waals surface area contributed by atoms with Crippen LogP contribution in [0.15, 0.2) is 48.8 Å². The van der Waals surface area contributed by atoms with Crippen LogP contribution in [0.2, 0.25) is 0 Å². The third kappa shape index (κ3) is 2.52. The van der Waals surface area contributed by atoms with Crippen LogP contribution in [0.4, 0.5) is 18.9 Å². The van der Waals surface area contributed by atoms with E-state index in [1.54, 1.807) is 18.2 Å². The summed E-state index contributed by atoms with van der Waals surface area (Å²) in [6.45, 7) is 0. The lowest BCUT2D eigenvalue weighted by Crippen LogP contribution is -2.04. The van der Waals surface area contributed by atoms with Crippen molar-refractivity contribution in [1.29, 1.82) is 0 Å². The normalized spacial score (nSPS) is 11.8. The lowest BCUT2D eigenvalue weighted by molar-refractivity contribution is -0.137. The second kappa shape index (κ2) is 4.73. The first-order chi connectivity index (χ1) is 9.95. The molecule has 106 valence electrons. The minimum atomic E-state index is -4.35. The highest BCUT2D eigenvalue weighted by atomic mass is 19.4. The average molecular weight is 289 g/mol. The van der Waals surface area contributed by atoms with Gasteiger partial charge in [-0.15, -0.1) is 0 Å². The van der Waals surface area contributed by atoms with Crippen LogP contribution in [0.1, 0.15) is 5.56 Å². The van der Waals surface area contributed by atoms with Crippen molar-refractivity contribution in [2.45, 2.75) is 6.18 Å². The second-order valence-corrected chi connectivity index (χ2v) is 4.57. The first-order valence-corrected chi connectivity index (χ1v) is 6.13. The predicted octanol–water partition coefficient (Wildman–Crippen LogP) is 3.90. The van der Waals surface area contributed by atoms with E-state index < -0.39 is 11.7 Å². The summed E-state index contributed by atoms with van der Waals surface area (Å²) < 4.78 is 37.8. The Hall–Kier alpha value is -2.63. The number of anilines is 1. The van der Waals surface area contributed by atoms with Gasteiger partial charge < -0.3 is 5.73 Å². The van der Waals surface area contributed by atoms with Gasteiger partial charge >= 0.3 is 6.18 Å². The van der Waals surface area contributed by atoms with Gasteiger partial charge in [-0.25, -0.2) is 9.97 Å². The van der Waals surface area contributed by atoms with Crippen LogP contribution in [-0.4, -0.2) is 9.97 Å². The van der Waals surface area contributed by atoms with E-state index in [0.29, 0.717) is 27.8 Å². The van der Waals surface area contributed by atoms with Gasteiger partial charge in [-0.05, 0) is 30.3 Å². The number of hydrogen-bond acceptors (Lipinski definition) is 3. The lowest BCUT2D eigenvalue weighted by Gasteiger charge is -2.09. The Bertz CT molecular complexity index is 795. The van der Waals surface area contributed by atoms with Crippen molar-refractivity contribution in [2.24, 2.45) is 0 Å². The summed E-state index contributed by atoms with van der Waals surface area (Å²) in [5.41, 5.74) is 7.43. The number of rotatable bonds is 1. The monoisotopic (exact) mass is 289 g/mol. The topological polar surface area (TPSA) is 51.8 Å². The van der Waals surface area contributed by atoms with Crippen LogP contribution in [0.25, 0.3) is 22.2 Å². The average Bonchev–Trinajstić information content (AvgIpc) is 2.46. The SMILES string of the molecule is Nc1ccc2ncnc(-c3ccc(C(F)(F)F)cc3)c2c1.